The minimum atomic E-state index is -1.03. The van der Waals surface area contributed by atoms with Gasteiger partial charge in [-0.2, -0.15) is 0 Å². The van der Waals surface area contributed by atoms with Crippen LogP contribution in [0.5, 0.6) is 0 Å². The Labute approximate surface area is 178 Å². The first-order valence-electron chi connectivity index (χ1n) is 11.4. The highest BCUT2D eigenvalue weighted by Gasteiger charge is 2.68. The van der Waals surface area contributed by atoms with Crippen LogP contribution < -0.4 is 0 Å². The van der Waals surface area contributed by atoms with Crippen LogP contribution in [0.4, 0.5) is 0 Å². The van der Waals surface area contributed by atoms with Crippen molar-refractivity contribution < 1.29 is 24.2 Å². The summed E-state index contributed by atoms with van der Waals surface area (Å²) in [5.74, 6) is 0.389. The molecule has 7 atom stereocenters. The standard InChI is InChI=1S/C25H34O5/c1-6-22(29)30-25(15(3)26)10-8-18-16-11-14(2)19-12-20(27)21(28)13-23(19,4)17(16)7-9-24(18,25)5/h12-14,16-18,28H,6-11H2,1-5H3/t14-,16+,17-,18-,23+,24-,25-/m0/s1. The van der Waals surface area contributed by atoms with Crippen LogP contribution in [0.15, 0.2) is 23.5 Å². The van der Waals surface area contributed by atoms with Crippen molar-refractivity contribution in [3.63, 3.8) is 0 Å². The number of ether oxygens (including phenoxy) is 1. The van der Waals surface area contributed by atoms with E-state index in [1.54, 1.807) is 26.0 Å². The number of allylic oxidation sites excluding steroid dienone is 3. The van der Waals surface area contributed by atoms with E-state index in [1.165, 1.54) is 0 Å². The van der Waals surface area contributed by atoms with Crippen LogP contribution >= 0.6 is 0 Å². The van der Waals surface area contributed by atoms with Crippen LogP contribution in [-0.4, -0.2) is 28.2 Å². The van der Waals surface area contributed by atoms with E-state index >= 15 is 0 Å². The van der Waals surface area contributed by atoms with Gasteiger partial charge >= 0.3 is 5.97 Å². The molecule has 0 unspecified atom stereocenters. The number of hydrogen-bond acceptors (Lipinski definition) is 5. The van der Waals surface area contributed by atoms with Gasteiger partial charge in [0.05, 0.1) is 0 Å². The molecule has 5 heteroatoms. The third-order valence-electron chi connectivity index (χ3n) is 9.23. The molecule has 4 rings (SSSR count). The van der Waals surface area contributed by atoms with Crippen LogP contribution in [0.1, 0.15) is 73.1 Å². The van der Waals surface area contributed by atoms with Crippen LogP contribution in [0, 0.1) is 34.5 Å². The van der Waals surface area contributed by atoms with Crippen molar-refractivity contribution >= 4 is 17.5 Å². The van der Waals surface area contributed by atoms with Crippen LogP contribution in [0.3, 0.4) is 0 Å². The van der Waals surface area contributed by atoms with E-state index in [2.05, 4.69) is 20.8 Å². The third-order valence-corrected chi connectivity index (χ3v) is 9.23. The number of Topliss-reactive ketones (excluding diaryl/α,β-unsaturated/α-hetero) is 1. The lowest BCUT2D eigenvalue weighted by atomic mass is 9.45. The van der Waals surface area contributed by atoms with Gasteiger partial charge in [0.15, 0.2) is 17.1 Å². The molecular weight excluding hydrogens is 380 g/mol. The van der Waals surface area contributed by atoms with Gasteiger partial charge in [-0.25, -0.2) is 0 Å². The fourth-order valence-corrected chi connectivity index (χ4v) is 7.78. The number of carbonyl (C=O) groups is 3. The lowest BCUT2D eigenvalue weighted by Crippen LogP contribution is -2.59. The zero-order chi connectivity index (χ0) is 22.1. The van der Waals surface area contributed by atoms with Gasteiger partial charge in [0.25, 0.3) is 0 Å². The largest absolute Gasteiger partial charge is 0.504 e. The molecule has 5 nitrogen and oxygen atoms in total. The van der Waals surface area contributed by atoms with E-state index in [4.69, 9.17) is 4.74 Å². The van der Waals surface area contributed by atoms with Gasteiger partial charge in [0.2, 0.25) is 5.78 Å². The van der Waals surface area contributed by atoms with E-state index in [-0.39, 0.29) is 52.4 Å². The molecule has 0 radical (unpaired) electrons. The molecule has 0 aromatic heterocycles. The molecule has 3 fully saturated rings. The molecule has 30 heavy (non-hydrogen) atoms. The Morgan fingerprint density at radius 1 is 1.20 bits per heavy atom. The molecule has 0 spiro atoms. The molecule has 0 aromatic rings. The number of rotatable bonds is 3. The predicted octanol–water partition coefficient (Wildman–Crippen LogP) is 4.71. The minimum absolute atomic E-state index is 0.0378. The van der Waals surface area contributed by atoms with E-state index in [1.807, 2.05) is 0 Å². The summed E-state index contributed by atoms with van der Waals surface area (Å²) in [5.41, 5.74) is -0.624. The van der Waals surface area contributed by atoms with Crippen molar-refractivity contribution in [2.75, 3.05) is 0 Å². The molecular formula is C25H34O5. The lowest BCUT2D eigenvalue weighted by molar-refractivity contribution is -0.188. The molecule has 0 heterocycles. The fourth-order valence-electron chi connectivity index (χ4n) is 7.78. The summed E-state index contributed by atoms with van der Waals surface area (Å²) in [6.45, 7) is 9.81. The number of esters is 1. The average Bonchev–Trinajstić information content (AvgIpc) is 2.97. The van der Waals surface area contributed by atoms with Gasteiger partial charge in [-0.15, -0.1) is 0 Å². The molecule has 1 N–H and O–H groups in total. The molecule has 0 bridgehead atoms. The first-order valence-corrected chi connectivity index (χ1v) is 11.4. The van der Waals surface area contributed by atoms with Gasteiger partial charge in [0.1, 0.15) is 0 Å². The second kappa shape index (κ2) is 6.80. The highest BCUT2D eigenvalue weighted by Crippen LogP contribution is 2.68. The highest BCUT2D eigenvalue weighted by molar-refractivity contribution is 6.04. The first kappa shape index (κ1) is 21.3. The van der Waals surface area contributed by atoms with Crippen molar-refractivity contribution in [1.29, 1.82) is 0 Å². The van der Waals surface area contributed by atoms with Crippen molar-refractivity contribution in [3.05, 3.63) is 23.5 Å². The Kier molecular flexibility index (Phi) is 4.83. The minimum Gasteiger partial charge on any atom is -0.504 e. The molecule has 0 aliphatic heterocycles. The summed E-state index contributed by atoms with van der Waals surface area (Å²) in [7, 11) is 0. The Bertz CT molecular complexity index is 869. The van der Waals surface area contributed by atoms with Crippen molar-refractivity contribution in [3.8, 4) is 0 Å². The summed E-state index contributed by atoms with van der Waals surface area (Å²) in [6, 6.07) is 0. The van der Waals surface area contributed by atoms with Crippen LogP contribution in [0.25, 0.3) is 0 Å². The monoisotopic (exact) mass is 414 g/mol. The quantitative estimate of drug-likeness (QED) is 0.677. The Hall–Kier alpha value is -1.91. The number of fused-ring (bicyclic) bond motifs is 5. The highest BCUT2D eigenvalue weighted by atomic mass is 16.6. The SMILES string of the molecule is CCC(=O)O[C@]1(C(C)=O)CC[C@H]2[C@@H]3C[C@H](C)C4=CC(=O)C(O)=C[C@]4(C)[C@H]3CC[C@@]21C. The first-order chi connectivity index (χ1) is 14.0. The summed E-state index contributed by atoms with van der Waals surface area (Å²) < 4.78 is 5.96. The maximum atomic E-state index is 12.9. The Morgan fingerprint density at radius 3 is 2.50 bits per heavy atom. The zero-order valence-corrected chi connectivity index (χ0v) is 18.8. The van der Waals surface area contributed by atoms with Crippen molar-refractivity contribution in [2.45, 2.75) is 78.7 Å². The summed E-state index contributed by atoms with van der Waals surface area (Å²) in [5, 5.41) is 10.2. The summed E-state index contributed by atoms with van der Waals surface area (Å²) >= 11 is 0. The smallest absolute Gasteiger partial charge is 0.306 e. The van der Waals surface area contributed by atoms with Crippen LogP contribution in [0.2, 0.25) is 0 Å². The van der Waals surface area contributed by atoms with Gasteiger partial charge in [-0.05, 0) is 74.9 Å². The zero-order valence-electron chi connectivity index (χ0n) is 18.8. The van der Waals surface area contributed by atoms with Crippen molar-refractivity contribution in [1.82, 2.24) is 0 Å². The van der Waals surface area contributed by atoms with Gasteiger partial charge in [-0.3, -0.25) is 14.4 Å². The predicted molar refractivity (Wildman–Crippen MR) is 113 cm³/mol. The van der Waals surface area contributed by atoms with E-state index in [9.17, 15) is 19.5 Å². The molecule has 0 amide bonds. The number of hydrogen-bond donors (Lipinski definition) is 1. The summed E-state index contributed by atoms with van der Waals surface area (Å²) in [4.78, 5) is 37.3. The topological polar surface area (TPSA) is 80.7 Å². The second-order valence-corrected chi connectivity index (χ2v) is 10.5. The maximum Gasteiger partial charge on any atom is 0.306 e. The number of ketones is 2. The van der Waals surface area contributed by atoms with Crippen LogP contribution in [-0.2, 0) is 19.1 Å². The molecule has 0 aromatic carbocycles. The van der Waals surface area contributed by atoms with E-state index < -0.39 is 5.60 Å². The molecule has 3 saturated carbocycles. The number of aliphatic hydroxyl groups is 1. The summed E-state index contributed by atoms with van der Waals surface area (Å²) in [6.07, 6.45) is 7.81. The second-order valence-electron chi connectivity index (χ2n) is 10.5. The number of carbonyl (C=O) groups excluding carboxylic acids is 3. The number of aliphatic hydroxyl groups excluding tert-OH is 1. The molecule has 4 aliphatic rings. The molecule has 164 valence electrons. The molecule has 0 saturated heterocycles. The maximum absolute atomic E-state index is 12.9. The lowest BCUT2D eigenvalue weighted by Gasteiger charge is -2.59. The Balaban J connectivity index is 1.74. The molecule has 4 aliphatic carbocycles. The van der Waals surface area contributed by atoms with Gasteiger partial charge < -0.3 is 9.84 Å². The van der Waals surface area contributed by atoms with E-state index in [0.29, 0.717) is 18.3 Å². The van der Waals surface area contributed by atoms with Crippen molar-refractivity contribution in [2.24, 2.45) is 34.5 Å². The van der Waals surface area contributed by atoms with Gasteiger partial charge in [0, 0.05) is 17.3 Å². The fraction of sp³-hybridized carbons (Fsp3) is 0.720. The third kappa shape index (κ3) is 2.63. The van der Waals surface area contributed by atoms with E-state index in [0.717, 1.165) is 31.3 Å². The Morgan fingerprint density at radius 2 is 1.87 bits per heavy atom. The van der Waals surface area contributed by atoms with Gasteiger partial charge in [-0.1, -0.05) is 33.3 Å². The normalized spacial score (nSPS) is 44.9. The average molecular weight is 415 g/mol.